The number of ether oxygens (including phenoxy) is 4. The number of epoxide rings is 1. The summed E-state index contributed by atoms with van der Waals surface area (Å²) in [4.78, 5) is 12.8. The highest BCUT2D eigenvalue weighted by atomic mass is 16.6. The number of rotatable bonds is 7. The van der Waals surface area contributed by atoms with Crippen molar-refractivity contribution in [2.45, 2.75) is 63.8 Å². The summed E-state index contributed by atoms with van der Waals surface area (Å²) in [5.74, 6) is 2.07. The second kappa shape index (κ2) is 7.66. The Bertz CT molecular complexity index is 858. The van der Waals surface area contributed by atoms with E-state index in [0.29, 0.717) is 12.5 Å². The number of benzene rings is 1. The van der Waals surface area contributed by atoms with Gasteiger partial charge in [-0.3, -0.25) is 4.79 Å². The molecule has 2 saturated carbocycles. The Labute approximate surface area is 185 Å². The van der Waals surface area contributed by atoms with Gasteiger partial charge in [-0.2, -0.15) is 0 Å². The molecule has 6 nitrogen and oxygen atoms in total. The van der Waals surface area contributed by atoms with Crippen molar-refractivity contribution in [3.05, 3.63) is 23.8 Å². The molecule has 1 spiro atoms. The lowest BCUT2D eigenvalue weighted by Crippen LogP contribution is -2.54. The average molecular weight is 430 g/mol. The van der Waals surface area contributed by atoms with Crippen LogP contribution in [0.2, 0.25) is 0 Å². The van der Waals surface area contributed by atoms with Gasteiger partial charge in [0.05, 0.1) is 26.2 Å². The normalized spacial score (nSPS) is 40.4. The molecule has 6 heteroatoms. The van der Waals surface area contributed by atoms with Gasteiger partial charge in [-0.25, -0.2) is 0 Å². The van der Waals surface area contributed by atoms with Gasteiger partial charge in [-0.05, 0) is 55.8 Å². The van der Waals surface area contributed by atoms with Crippen molar-refractivity contribution in [1.29, 1.82) is 0 Å². The molecule has 1 aromatic carbocycles. The van der Waals surface area contributed by atoms with Crippen LogP contribution in [0.25, 0.3) is 0 Å². The van der Waals surface area contributed by atoms with Gasteiger partial charge in [0.15, 0.2) is 11.5 Å². The van der Waals surface area contributed by atoms with Crippen LogP contribution in [0.5, 0.6) is 11.5 Å². The Morgan fingerprint density at radius 2 is 2.03 bits per heavy atom. The van der Waals surface area contributed by atoms with E-state index in [9.17, 15) is 4.79 Å². The molecule has 31 heavy (non-hydrogen) atoms. The number of nitrogens with one attached hydrogen (secondary N) is 1. The van der Waals surface area contributed by atoms with E-state index in [4.69, 9.17) is 18.9 Å². The van der Waals surface area contributed by atoms with Gasteiger partial charge < -0.3 is 24.3 Å². The number of carbonyl (C=O) groups is 1. The summed E-state index contributed by atoms with van der Waals surface area (Å²) in [5, 5.41) is 3.51. The summed E-state index contributed by atoms with van der Waals surface area (Å²) in [6.07, 6.45) is 5.66. The molecule has 0 aromatic heterocycles. The molecule has 2 saturated heterocycles. The quantitative estimate of drug-likeness (QED) is 0.407. The van der Waals surface area contributed by atoms with E-state index in [0.717, 1.165) is 30.9 Å². The van der Waals surface area contributed by atoms with Crippen LogP contribution < -0.4 is 14.8 Å². The summed E-state index contributed by atoms with van der Waals surface area (Å²) < 4.78 is 23.1. The first kappa shape index (κ1) is 21.1. The fourth-order valence-electron chi connectivity index (χ4n) is 6.99. The Morgan fingerprint density at radius 1 is 1.23 bits per heavy atom. The predicted molar refractivity (Wildman–Crippen MR) is 116 cm³/mol. The van der Waals surface area contributed by atoms with Crippen molar-refractivity contribution < 1.29 is 23.7 Å². The van der Waals surface area contributed by atoms with Crippen molar-refractivity contribution in [2.24, 2.45) is 23.2 Å². The minimum Gasteiger partial charge on any atom is -0.493 e. The Morgan fingerprint density at radius 3 is 2.81 bits per heavy atom. The maximum Gasteiger partial charge on any atom is 0.311 e. The van der Waals surface area contributed by atoms with Crippen molar-refractivity contribution >= 4 is 5.97 Å². The molecule has 5 rings (SSSR count). The lowest BCUT2D eigenvalue weighted by atomic mass is 9.53. The van der Waals surface area contributed by atoms with Crippen molar-refractivity contribution in [2.75, 3.05) is 27.3 Å². The van der Waals surface area contributed by atoms with Gasteiger partial charge in [0.2, 0.25) is 0 Å². The lowest BCUT2D eigenvalue weighted by molar-refractivity contribution is -0.146. The fraction of sp³-hybridized carbons (Fsp3) is 0.720. The summed E-state index contributed by atoms with van der Waals surface area (Å²) in [5.41, 5.74) is 1.29. The number of fused-ring (bicyclic) bond motifs is 2. The number of methoxy groups -OCH3 is 2. The summed E-state index contributed by atoms with van der Waals surface area (Å²) in [6.45, 7) is 6.14. The first-order valence-electron chi connectivity index (χ1n) is 11.7. The first-order chi connectivity index (χ1) is 14.9. The second-order valence-electron chi connectivity index (χ2n) is 10.2. The van der Waals surface area contributed by atoms with Crippen LogP contribution in [0, 0.1) is 23.2 Å². The molecular formula is C25H35NO5. The van der Waals surface area contributed by atoms with Crippen LogP contribution in [-0.4, -0.2) is 51.1 Å². The lowest BCUT2D eigenvalue weighted by Gasteiger charge is -2.48. The SMILES string of the molecule is COc1ccc(CCNCC2C(=O)OC3CC4(C)CCCC(C)C45OC5C32)cc1OC. The highest BCUT2D eigenvalue weighted by Crippen LogP contribution is 2.70. The molecule has 0 amide bonds. The van der Waals surface area contributed by atoms with Gasteiger partial charge in [0.1, 0.15) is 11.7 Å². The molecule has 4 aliphatic rings. The number of hydrogen-bond acceptors (Lipinski definition) is 6. The van der Waals surface area contributed by atoms with E-state index in [-0.39, 0.29) is 41.0 Å². The van der Waals surface area contributed by atoms with Gasteiger partial charge in [0, 0.05) is 17.9 Å². The molecule has 0 bridgehead atoms. The third-order valence-electron chi connectivity index (χ3n) is 8.60. The predicted octanol–water partition coefficient (Wildman–Crippen LogP) is 3.36. The van der Waals surface area contributed by atoms with Gasteiger partial charge in [0.25, 0.3) is 0 Å². The minimum absolute atomic E-state index is 0.0149. The average Bonchev–Trinajstić information content (AvgIpc) is 3.44. The van der Waals surface area contributed by atoms with Crippen LogP contribution in [-0.2, 0) is 20.7 Å². The van der Waals surface area contributed by atoms with E-state index in [2.05, 4.69) is 25.2 Å². The zero-order valence-corrected chi connectivity index (χ0v) is 19.1. The van der Waals surface area contributed by atoms with E-state index in [1.165, 1.54) is 24.8 Å². The van der Waals surface area contributed by atoms with Crippen molar-refractivity contribution in [3.8, 4) is 11.5 Å². The fourth-order valence-corrected chi connectivity index (χ4v) is 6.99. The zero-order chi connectivity index (χ0) is 21.8. The van der Waals surface area contributed by atoms with E-state index in [1.807, 2.05) is 12.1 Å². The van der Waals surface area contributed by atoms with Crippen LogP contribution in [0.3, 0.4) is 0 Å². The van der Waals surface area contributed by atoms with E-state index < -0.39 is 0 Å². The first-order valence-corrected chi connectivity index (χ1v) is 11.7. The highest BCUT2D eigenvalue weighted by Gasteiger charge is 2.78. The molecule has 1 N–H and O–H groups in total. The molecule has 2 heterocycles. The topological polar surface area (TPSA) is 69.3 Å². The number of hydrogen-bond donors (Lipinski definition) is 1. The van der Waals surface area contributed by atoms with Crippen LogP contribution >= 0.6 is 0 Å². The molecule has 0 radical (unpaired) electrons. The summed E-state index contributed by atoms with van der Waals surface area (Å²) >= 11 is 0. The molecule has 170 valence electrons. The molecular weight excluding hydrogens is 394 g/mol. The molecule has 2 aliphatic carbocycles. The maximum absolute atomic E-state index is 12.8. The Kier molecular flexibility index (Phi) is 5.21. The van der Waals surface area contributed by atoms with Gasteiger partial charge >= 0.3 is 5.97 Å². The van der Waals surface area contributed by atoms with Gasteiger partial charge in [-0.1, -0.05) is 26.3 Å². The van der Waals surface area contributed by atoms with E-state index >= 15 is 0 Å². The van der Waals surface area contributed by atoms with E-state index in [1.54, 1.807) is 14.2 Å². The third-order valence-corrected chi connectivity index (χ3v) is 8.60. The number of carbonyl (C=O) groups excluding carboxylic acids is 1. The monoisotopic (exact) mass is 429 g/mol. The molecule has 7 unspecified atom stereocenters. The standard InChI is InChI=1S/C25H35NO5/c1-15-6-5-10-24(2)13-20-21(22-25(15,24)31-22)17(23(27)30-20)14-26-11-9-16-7-8-18(28-3)19(12-16)29-4/h7-8,12,15,17,20-22,26H,5-6,9-11,13-14H2,1-4H3. The maximum atomic E-state index is 12.8. The Balaban J connectivity index is 1.21. The van der Waals surface area contributed by atoms with Gasteiger partial charge in [-0.15, -0.1) is 0 Å². The molecule has 4 fully saturated rings. The zero-order valence-electron chi connectivity index (χ0n) is 19.1. The largest absolute Gasteiger partial charge is 0.493 e. The molecule has 7 atom stereocenters. The van der Waals surface area contributed by atoms with Crippen molar-refractivity contribution in [1.82, 2.24) is 5.32 Å². The van der Waals surface area contributed by atoms with Crippen LogP contribution in [0.1, 0.15) is 45.1 Å². The smallest absolute Gasteiger partial charge is 0.311 e. The molecule has 2 aliphatic heterocycles. The van der Waals surface area contributed by atoms with Crippen LogP contribution in [0.4, 0.5) is 0 Å². The summed E-state index contributed by atoms with van der Waals surface area (Å²) in [7, 11) is 3.29. The summed E-state index contributed by atoms with van der Waals surface area (Å²) in [6, 6.07) is 5.99. The Hall–Kier alpha value is -1.79. The van der Waals surface area contributed by atoms with Crippen LogP contribution in [0.15, 0.2) is 18.2 Å². The highest BCUT2D eigenvalue weighted by molar-refractivity contribution is 5.76. The number of esters is 1. The minimum atomic E-state index is -0.113. The second-order valence-corrected chi connectivity index (χ2v) is 10.2. The molecule has 1 aromatic rings. The third kappa shape index (κ3) is 3.17. The van der Waals surface area contributed by atoms with Crippen molar-refractivity contribution in [3.63, 3.8) is 0 Å².